The molecule has 0 spiro atoms. The minimum atomic E-state index is 0.191. The number of aromatic nitrogens is 2. The van der Waals surface area contributed by atoms with Crippen molar-refractivity contribution < 1.29 is 4.79 Å². The molecule has 0 aliphatic rings. The molecule has 2 aromatic rings. The molecule has 0 aliphatic heterocycles. The standard InChI is InChI=1S/C12H9N3O/c13-10-4-5-11-12(15-7-6-14-11)9(10)3-1-2-8-16/h4-8H,2,13H2. The molecule has 16 heavy (non-hydrogen) atoms. The summed E-state index contributed by atoms with van der Waals surface area (Å²) in [5, 5.41) is 0. The molecule has 0 fully saturated rings. The van der Waals surface area contributed by atoms with E-state index in [2.05, 4.69) is 21.8 Å². The zero-order valence-corrected chi connectivity index (χ0v) is 8.47. The maximum Gasteiger partial charge on any atom is 0.131 e. The van der Waals surface area contributed by atoms with Crippen molar-refractivity contribution in [1.29, 1.82) is 0 Å². The smallest absolute Gasteiger partial charge is 0.131 e. The summed E-state index contributed by atoms with van der Waals surface area (Å²) in [5.74, 6) is 5.57. The van der Waals surface area contributed by atoms with Crippen molar-refractivity contribution in [2.45, 2.75) is 6.42 Å². The Morgan fingerprint density at radius 2 is 2.12 bits per heavy atom. The first kappa shape index (κ1) is 10.1. The van der Waals surface area contributed by atoms with Crippen molar-refractivity contribution in [3.8, 4) is 11.8 Å². The van der Waals surface area contributed by atoms with Gasteiger partial charge in [0.05, 0.1) is 17.5 Å². The topological polar surface area (TPSA) is 68.9 Å². The van der Waals surface area contributed by atoms with Gasteiger partial charge in [-0.1, -0.05) is 11.8 Å². The van der Waals surface area contributed by atoms with Crippen molar-refractivity contribution in [2.75, 3.05) is 5.73 Å². The van der Waals surface area contributed by atoms with Crippen molar-refractivity contribution in [2.24, 2.45) is 0 Å². The van der Waals surface area contributed by atoms with E-state index < -0.39 is 0 Å². The summed E-state index contributed by atoms with van der Waals surface area (Å²) in [5.41, 5.74) is 8.40. The Balaban J connectivity index is 2.62. The van der Waals surface area contributed by atoms with Crippen molar-refractivity contribution >= 4 is 23.0 Å². The zero-order valence-electron chi connectivity index (χ0n) is 8.47. The van der Waals surface area contributed by atoms with E-state index in [-0.39, 0.29) is 6.42 Å². The number of benzene rings is 1. The van der Waals surface area contributed by atoms with E-state index in [0.29, 0.717) is 16.8 Å². The van der Waals surface area contributed by atoms with Crippen LogP contribution in [0.2, 0.25) is 0 Å². The molecule has 0 amide bonds. The summed E-state index contributed by atoms with van der Waals surface area (Å²) in [6.07, 6.45) is 4.14. The Bertz CT molecular complexity index is 596. The zero-order chi connectivity index (χ0) is 11.4. The molecular formula is C12H9N3O. The molecule has 0 unspecified atom stereocenters. The third kappa shape index (κ3) is 1.84. The van der Waals surface area contributed by atoms with Gasteiger partial charge in [0.15, 0.2) is 0 Å². The lowest BCUT2D eigenvalue weighted by Gasteiger charge is -2.01. The van der Waals surface area contributed by atoms with Gasteiger partial charge < -0.3 is 10.5 Å². The van der Waals surface area contributed by atoms with Gasteiger partial charge >= 0.3 is 0 Å². The van der Waals surface area contributed by atoms with Crippen LogP contribution in [-0.2, 0) is 4.79 Å². The maximum absolute atomic E-state index is 10.2. The second-order valence-electron chi connectivity index (χ2n) is 3.13. The molecule has 0 radical (unpaired) electrons. The van der Waals surface area contributed by atoms with Gasteiger partial charge in [0.2, 0.25) is 0 Å². The van der Waals surface area contributed by atoms with Crippen molar-refractivity contribution in [1.82, 2.24) is 9.97 Å². The van der Waals surface area contributed by atoms with Crippen LogP contribution in [0.25, 0.3) is 11.0 Å². The maximum atomic E-state index is 10.2. The van der Waals surface area contributed by atoms with Crippen LogP contribution in [0.1, 0.15) is 12.0 Å². The largest absolute Gasteiger partial charge is 0.398 e. The fourth-order valence-corrected chi connectivity index (χ4v) is 1.36. The highest BCUT2D eigenvalue weighted by atomic mass is 16.1. The summed E-state index contributed by atoms with van der Waals surface area (Å²) >= 11 is 0. The Labute approximate surface area is 92.5 Å². The quantitative estimate of drug-likeness (QED) is 0.436. The van der Waals surface area contributed by atoms with Crippen LogP contribution in [0.5, 0.6) is 0 Å². The summed E-state index contributed by atoms with van der Waals surface area (Å²) in [4.78, 5) is 18.5. The molecule has 2 rings (SSSR count). The van der Waals surface area contributed by atoms with E-state index >= 15 is 0 Å². The van der Waals surface area contributed by atoms with E-state index in [1.807, 2.05) is 0 Å². The number of carbonyl (C=O) groups is 1. The van der Waals surface area contributed by atoms with E-state index in [0.717, 1.165) is 11.8 Å². The minimum Gasteiger partial charge on any atom is -0.398 e. The third-order valence-electron chi connectivity index (χ3n) is 2.07. The molecule has 1 aromatic heterocycles. The molecule has 0 atom stereocenters. The SMILES string of the molecule is Nc1ccc2nccnc2c1C#CCC=O. The molecular weight excluding hydrogens is 202 g/mol. The van der Waals surface area contributed by atoms with Crippen LogP contribution in [0.15, 0.2) is 24.5 Å². The Morgan fingerprint density at radius 1 is 1.31 bits per heavy atom. The van der Waals surface area contributed by atoms with Crippen molar-refractivity contribution in [3.63, 3.8) is 0 Å². The first-order valence-electron chi connectivity index (χ1n) is 4.74. The van der Waals surface area contributed by atoms with Gasteiger partial charge in [-0.2, -0.15) is 0 Å². The summed E-state index contributed by atoms with van der Waals surface area (Å²) in [6, 6.07) is 3.53. The number of rotatable bonds is 1. The highest BCUT2D eigenvalue weighted by Gasteiger charge is 2.04. The van der Waals surface area contributed by atoms with Crippen LogP contribution in [0.4, 0.5) is 5.69 Å². The average Bonchev–Trinajstić information content (AvgIpc) is 2.32. The van der Waals surface area contributed by atoms with E-state index in [1.165, 1.54) is 0 Å². The van der Waals surface area contributed by atoms with Gasteiger partial charge in [0, 0.05) is 18.1 Å². The second kappa shape index (κ2) is 4.41. The van der Waals surface area contributed by atoms with Crippen molar-refractivity contribution in [3.05, 3.63) is 30.1 Å². The lowest BCUT2D eigenvalue weighted by atomic mass is 10.1. The predicted molar refractivity (Wildman–Crippen MR) is 61.5 cm³/mol. The van der Waals surface area contributed by atoms with Gasteiger partial charge in [-0.15, -0.1) is 0 Å². The molecule has 78 valence electrons. The fourth-order valence-electron chi connectivity index (χ4n) is 1.36. The van der Waals surface area contributed by atoms with Crippen LogP contribution in [0.3, 0.4) is 0 Å². The Kier molecular flexibility index (Phi) is 2.79. The summed E-state index contributed by atoms with van der Waals surface area (Å²) < 4.78 is 0. The number of fused-ring (bicyclic) bond motifs is 1. The van der Waals surface area contributed by atoms with E-state index in [9.17, 15) is 4.79 Å². The summed E-state index contributed by atoms with van der Waals surface area (Å²) in [7, 11) is 0. The molecule has 1 heterocycles. The molecule has 0 saturated carbocycles. The number of carbonyl (C=O) groups excluding carboxylic acids is 1. The van der Waals surface area contributed by atoms with Crippen LogP contribution < -0.4 is 5.73 Å². The highest BCUT2D eigenvalue weighted by molar-refractivity contribution is 5.86. The number of hydrogen-bond acceptors (Lipinski definition) is 4. The molecule has 0 aliphatic carbocycles. The van der Waals surface area contributed by atoms with E-state index in [1.54, 1.807) is 24.5 Å². The molecule has 0 saturated heterocycles. The average molecular weight is 211 g/mol. The first-order chi connectivity index (χ1) is 7.83. The van der Waals surface area contributed by atoms with Gasteiger partial charge in [0.1, 0.15) is 11.8 Å². The number of anilines is 1. The molecule has 4 heteroatoms. The highest BCUT2D eigenvalue weighted by Crippen LogP contribution is 2.19. The van der Waals surface area contributed by atoms with E-state index in [4.69, 9.17) is 5.73 Å². The monoisotopic (exact) mass is 211 g/mol. The number of aldehydes is 1. The lowest BCUT2D eigenvalue weighted by Crippen LogP contribution is -1.94. The van der Waals surface area contributed by atoms with Gasteiger partial charge in [0.25, 0.3) is 0 Å². The Morgan fingerprint density at radius 3 is 2.94 bits per heavy atom. The van der Waals surface area contributed by atoms with Crippen LogP contribution >= 0.6 is 0 Å². The second-order valence-corrected chi connectivity index (χ2v) is 3.13. The fraction of sp³-hybridized carbons (Fsp3) is 0.0833. The normalized spacial score (nSPS) is 9.50. The number of hydrogen-bond donors (Lipinski definition) is 1. The molecule has 2 N–H and O–H groups in total. The van der Waals surface area contributed by atoms with Crippen LogP contribution in [0, 0.1) is 11.8 Å². The lowest BCUT2D eigenvalue weighted by molar-refractivity contribution is -0.107. The number of nitrogens with two attached hydrogens (primary N) is 1. The Hall–Kier alpha value is -2.41. The first-order valence-corrected chi connectivity index (χ1v) is 4.74. The number of nitrogen functional groups attached to an aromatic ring is 1. The van der Waals surface area contributed by atoms with Gasteiger partial charge in [-0.3, -0.25) is 9.97 Å². The molecule has 1 aromatic carbocycles. The molecule has 4 nitrogen and oxygen atoms in total. The third-order valence-corrected chi connectivity index (χ3v) is 2.07. The minimum absolute atomic E-state index is 0.191. The van der Waals surface area contributed by atoms with Gasteiger partial charge in [-0.05, 0) is 12.1 Å². The summed E-state index contributed by atoms with van der Waals surface area (Å²) in [6.45, 7) is 0. The van der Waals surface area contributed by atoms with Crippen LogP contribution in [-0.4, -0.2) is 16.3 Å². The predicted octanol–water partition coefficient (Wildman–Crippen LogP) is 1.15. The molecule has 0 bridgehead atoms. The van der Waals surface area contributed by atoms with Gasteiger partial charge in [-0.25, -0.2) is 0 Å². The number of nitrogens with zero attached hydrogens (tertiary/aromatic N) is 2.